The fourth-order valence-electron chi connectivity index (χ4n) is 1.03. The number of carbonyl (C=O) groups is 1. The van der Waals surface area contributed by atoms with E-state index < -0.39 is 18.5 Å². The molecule has 0 aliphatic heterocycles. The summed E-state index contributed by atoms with van der Waals surface area (Å²) < 4.78 is 0. The van der Waals surface area contributed by atoms with Gasteiger partial charge in [-0.1, -0.05) is 32.6 Å². The van der Waals surface area contributed by atoms with Gasteiger partial charge in [-0.25, -0.2) is 0 Å². The van der Waals surface area contributed by atoms with Gasteiger partial charge in [-0.15, -0.1) is 0 Å². The molecule has 2 N–H and O–H groups in total. The third-order valence-electron chi connectivity index (χ3n) is 1.86. The van der Waals surface area contributed by atoms with Crippen LogP contribution < -0.4 is 0 Å². The molecule has 0 bridgehead atoms. The molecular weight excluding hydrogens is 156 g/mol. The van der Waals surface area contributed by atoms with Crippen LogP contribution in [0.15, 0.2) is 0 Å². The van der Waals surface area contributed by atoms with Gasteiger partial charge in [-0.3, -0.25) is 4.79 Å². The minimum Gasteiger partial charge on any atom is -0.388 e. The molecule has 3 heteroatoms. The topological polar surface area (TPSA) is 57.5 Å². The number of hydrogen-bond acceptors (Lipinski definition) is 3. The summed E-state index contributed by atoms with van der Waals surface area (Å²) in [5, 5.41) is 17.5. The van der Waals surface area contributed by atoms with Crippen molar-refractivity contribution in [3.63, 3.8) is 0 Å². The molecule has 0 aliphatic rings. The van der Waals surface area contributed by atoms with Crippen LogP contribution >= 0.6 is 0 Å². The fraction of sp³-hybridized carbons (Fsp3) is 0.889. The van der Waals surface area contributed by atoms with Gasteiger partial charge < -0.3 is 10.2 Å². The summed E-state index contributed by atoms with van der Waals surface area (Å²) in [6, 6.07) is 0. The Balaban J connectivity index is 3.31. The van der Waals surface area contributed by atoms with Crippen molar-refractivity contribution in [3.8, 4) is 0 Å². The molecule has 12 heavy (non-hydrogen) atoms. The van der Waals surface area contributed by atoms with Crippen LogP contribution in [0.1, 0.15) is 39.0 Å². The molecule has 0 saturated carbocycles. The molecule has 72 valence electrons. The van der Waals surface area contributed by atoms with Crippen molar-refractivity contribution < 1.29 is 15.0 Å². The number of carbonyl (C=O) groups excluding carboxylic acids is 1. The molecule has 0 saturated heterocycles. The predicted octanol–water partition coefficient (Wildman–Crippen LogP) is 0.879. The van der Waals surface area contributed by atoms with E-state index in [9.17, 15) is 4.79 Å². The first-order valence-electron chi connectivity index (χ1n) is 4.54. The van der Waals surface area contributed by atoms with Crippen molar-refractivity contribution in [2.45, 2.75) is 45.1 Å². The van der Waals surface area contributed by atoms with E-state index in [1.165, 1.54) is 0 Å². The standard InChI is InChI=1S/C9H18O3/c1-2-3-4-5-6-8(11)9(12)7-10/h8,10-11H,2-7H2,1H3/t8-/m0/s1. The van der Waals surface area contributed by atoms with E-state index in [0.29, 0.717) is 6.42 Å². The quantitative estimate of drug-likeness (QED) is 0.563. The summed E-state index contributed by atoms with van der Waals surface area (Å²) in [7, 11) is 0. The number of aliphatic hydroxyl groups is 2. The average Bonchev–Trinajstić information content (AvgIpc) is 2.10. The summed E-state index contributed by atoms with van der Waals surface area (Å²) in [6.07, 6.45) is 3.73. The van der Waals surface area contributed by atoms with Crippen LogP contribution in [0, 0.1) is 0 Å². The molecule has 0 radical (unpaired) electrons. The molecule has 0 amide bonds. The van der Waals surface area contributed by atoms with Gasteiger partial charge in [0.15, 0.2) is 5.78 Å². The highest BCUT2D eigenvalue weighted by molar-refractivity contribution is 5.83. The molecule has 0 fully saturated rings. The lowest BCUT2D eigenvalue weighted by Crippen LogP contribution is -2.23. The van der Waals surface area contributed by atoms with Crippen molar-refractivity contribution in [1.82, 2.24) is 0 Å². The van der Waals surface area contributed by atoms with E-state index in [1.54, 1.807) is 0 Å². The Bertz CT molecular complexity index is 123. The van der Waals surface area contributed by atoms with Crippen LogP contribution in [0.3, 0.4) is 0 Å². The highest BCUT2D eigenvalue weighted by atomic mass is 16.3. The van der Waals surface area contributed by atoms with Crippen LogP contribution in [-0.4, -0.2) is 28.7 Å². The van der Waals surface area contributed by atoms with E-state index in [1.807, 2.05) is 0 Å². The molecule has 0 aliphatic carbocycles. The zero-order valence-corrected chi connectivity index (χ0v) is 7.62. The first-order chi connectivity index (χ1) is 5.72. The first kappa shape index (κ1) is 11.6. The SMILES string of the molecule is CCCCCC[C@H](O)C(=O)CO. The van der Waals surface area contributed by atoms with Gasteiger partial charge in [0.05, 0.1) is 0 Å². The summed E-state index contributed by atoms with van der Waals surface area (Å²) in [5.74, 6) is -0.466. The first-order valence-corrected chi connectivity index (χ1v) is 4.54. The zero-order chi connectivity index (χ0) is 9.40. The molecule has 0 unspecified atom stereocenters. The van der Waals surface area contributed by atoms with Gasteiger partial charge >= 0.3 is 0 Å². The van der Waals surface area contributed by atoms with E-state index >= 15 is 0 Å². The average molecular weight is 174 g/mol. The van der Waals surface area contributed by atoms with Crippen molar-refractivity contribution in [3.05, 3.63) is 0 Å². The lowest BCUT2D eigenvalue weighted by molar-refractivity contribution is -0.130. The lowest BCUT2D eigenvalue weighted by atomic mass is 10.1. The highest BCUT2D eigenvalue weighted by Crippen LogP contribution is 2.05. The molecule has 0 aromatic rings. The van der Waals surface area contributed by atoms with Crippen LogP contribution in [0.2, 0.25) is 0 Å². The van der Waals surface area contributed by atoms with Gasteiger partial charge in [0.1, 0.15) is 12.7 Å². The minimum absolute atomic E-state index is 0.466. The summed E-state index contributed by atoms with van der Waals surface area (Å²) in [4.78, 5) is 10.7. The second-order valence-electron chi connectivity index (χ2n) is 2.99. The third-order valence-corrected chi connectivity index (χ3v) is 1.86. The van der Waals surface area contributed by atoms with E-state index in [-0.39, 0.29) is 0 Å². The van der Waals surface area contributed by atoms with Gasteiger partial charge in [-0.2, -0.15) is 0 Å². The second-order valence-corrected chi connectivity index (χ2v) is 2.99. The molecule has 0 spiro atoms. The predicted molar refractivity (Wildman–Crippen MR) is 46.9 cm³/mol. The second kappa shape index (κ2) is 7.25. The maximum absolute atomic E-state index is 10.7. The van der Waals surface area contributed by atoms with Crippen LogP contribution in [0.5, 0.6) is 0 Å². The normalized spacial score (nSPS) is 12.9. The Morgan fingerprint density at radius 1 is 1.33 bits per heavy atom. The number of aliphatic hydroxyl groups excluding tert-OH is 2. The van der Waals surface area contributed by atoms with Crippen LogP contribution in [0.25, 0.3) is 0 Å². The molecule has 0 heterocycles. The Labute approximate surface area is 73.4 Å². The largest absolute Gasteiger partial charge is 0.388 e. The third kappa shape index (κ3) is 5.27. The number of rotatable bonds is 7. The van der Waals surface area contributed by atoms with Gasteiger partial charge in [0, 0.05) is 0 Å². The fourth-order valence-corrected chi connectivity index (χ4v) is 1.03. The number of hydrogen-bond donors (Lipinski definition) is 2. The van der Waals surface area contributed by atoms with E-state index in [0.717, 1.165) is 25.7 Å². The minimum atomic E-state index is -0.952. The Morgan fingerprint density at radius 3 is 2.50 bits per heavy atom. The lowest BCUT2D eigenvalue weighted by Gasteiger charge is -2.06. The maximum Gasteiger partial charge on any atom is 0.186 e. The number of unbranched alkanes of at least 4 members (excludes halogenated alkanes) is 3. The monoisotopic (exact) mass is 174 g/mol. The van der Waals surface area contributed by atoms with Crippen LogP contribution in [0.4, 0.5) is 0 Å². The number of ketones is 1. The van der Waals surface area contributed by atoms with Crippen molar-refractivity contribution in [2.24, 2.45) is 0 Å². The Kier molecular flexibility index (Phi) is 7.00. The summed E-state index contributed by atoms with van der Waals surface area (Å²) >= 11 is 0. The van der Waals surface area contributed by atoms with Crippen LogP contribution in [-0.2, 0) is 4.79 Å². The van der Waals surface area contributed by atoms with Gasteiger partial charge in [-0.05, 0) is 6.42 Å². The highest BCUT2D eigenvalue weighted by Gasteiger charge is 2.12. The smallest absolute Gasteiger partial charge is 0.186 e. The summed E-state index contributed by atoms with van der Waals surface area (Å²) in [6.45, 7) is 1.56. The number of Topliss-reactive ketones (excluding diaryl/α,β-unsaturated/α-hetero) is 1. The van der Waals surface area contributed by atoms with Crippen molar-refractivity contribution in [1.29, 1.82) is 0 Å². The van der Waals surface area contributed by atoms with Gasteiger partial charge in [0.2, 0.25) is 0 Å². The maximum atomic E-state index is 10.7. The molecular formula is C9H18O3. The van der Waals surface area contributed by atoms with Crippen molar-refractivity contribution >= 4 is 5.78 Å². The Hall–Kier alpha value is -0.410. The Morgan fingerprint density at radius 2 is 2.00 bits per heavy atom. The molecule has 0 rings (SSSR count). The zero-order valence-electron chi connectivity index (χ0n) is 7.62. The molecule has 1 atom stereocenters. The van der Waals surface area contributed by atoms with Gasteiger partial charge in [0.25, 0.3) is 0 Å². The van der Waals surface area contributed by atoms with E-state index in [2.05, 4.69) is 6.92 Å². The molecule has 0 aromatic carbocycles. The summed E-state index contributed by atoms with van der Waals surface area (Å²) in [5.41, 5.74) is 0. The van der Waals surface area contributed by atoms with E-state index in [4.69, 9.17) is 10.2 Å². The molecule has 3 nitrogen and oxygen atoms in total. The molecule has 0 aromatic heterocycles. The van der Waals surface area contributed by atoms with Crippen molar-refractivity contribution in [2.75, 3.05) is 6.61 Å².